The van der Waals surface area contributed by atoms with Crippen LogP contribution in [-0.2, 0) is 0 Å². The summed E-state index contributed by atoms with van der Waals surface area (Å²) in [7, 11) is 3.06. The molecule has 9 heteroatoms. The normalized spacial score (nSPS) is 10.5. The molecule has 2 amide bonds. The number of nitrogens with one attached hydrogen (secondary N) is 2. The van der Waals surface area contributed by atoms with Crippen molar-refractivity contribution in [2.45, 2.75) is 13.8 Å². The molecule has 0 aliphatic rings. The number of H-pyrrole nitrogens is 1. The van der Waals surface area contributed by atoms with Gasteiger partial charge in [-0.25, -0.2) is 14.0 Å². The Morgan fingerprint density at radius 2 is 1.81 bits per heavy atom. The van der Waals surface area contributed by atoms with Crippen LogP contribution in [-0.4, -0.2) is 59.5 Å². The highest BCUT2D eigenvalue weighted by Crippen LogP contribution is 2.32. The maximum atomic E-state index is 12.9. The van der Waals surface area contributed by atoms with Crippen molar-refractivity contribution in [3.8, 4) is 5.75 Å². The van der Waals surface area contributed by atoms with E-state index in [0.29, 0.717) is 16.6 Å². The number of fused-ring (bicyclic) bond motifs is 1. The number of nitrogens with zero attached hydrogens (tertiary/aromatic N) is 2. The molecule has 32 heavy (non-hydrogen) atoms. The Morgan fingerprint density at radius 1 is 1.16 bits per heavy atom. The van der Waals surface area contributed by atoms with Gasteiger partial charge in [-0.05, 0) is 49.8 Å². The zero-order chi connectivity index (χ0) is 23.7. The van der Waals surface area contributed by atoms with Gasteiger partial charge in [0.25, 0.3) is 0 Å². The fourth-order valence-electron chi connectivity index (χ4n) is 3.03. The first-order valence-corrected chi connectivity index (χ1v) is 10.0. The Bertz CT molecular complexity index is 1090. The minimum Gasteiger partial charge on any atom is -0.495 e. The second-order valence-electron chi connectivity index (χ2n) is 6.60. The number of amides is 2. The number of carboxylic acids is 1. The molecule has 0 saturated carbocycles. The zero-order valence-electron chi connectivity index (χ0n) is 18.5. The fourth-order valence-corrected chi connectivity index (χ4v) is 3.03. The molecule has 3 rings (SSSR count). The highest BCUT2D eigenvalue weighted by atomic mass is 19.1. The van der Waals surface area contributed by atoms with Gasteiger partial charge in [0.15, 0.2) is 0 Å². The Balaban J connectivity index is 0.000000344. The van der Waals surface area contributed by atoms with Crippen molar-refractivity contribution in [1.82, 2.24) is 20.4 Å². The van der Waals surface area contributed by atoms with E-state index in [4.69, 9.17) is 4.74 Å². The lowest BCUT2D eigenvalue weighted by Gasteiger charge is -2.16. The van der Waals surface area contributed by atoms with Crippen LogP contribution in [0.2, 0.25) is 0 Å². The van der Waals surface area contributed by atoms with Gasteiger partial charge in [-0.3, -0.25) is 5.10 Å². The summed E-state index contributed by atoms with van der Waals surface area (Å²) in [5.74, 6) is -1.12. The second kappa shape index (κ2) is 11.5. The average molecular weight is 442 g/mol. The van der Waals surface area contributed by atoms with Crippen LogP contribution in [0, 0.1) is 5.82 Å². The van der Waals surface area contributed by atoms with Crippen LogP contribution < -0.4 is 10.1 Å². The lowest BCUT2D eigenvalue weighted by Crippen LogP contribution is -2.37. The molecule has 0 unspecified atom stereocenters. The largest absolute Gasteiger partial charge is 0.495 e. The number of hydrogen-bond donors (Lipinski definition) is 3. The van der Waals surface area contributed by atoms with Gasteiger partial charge >= 0.3 is 12.0 Å². The Morgan fingerprint density at radius 3 is 2.31 bits per heavy atom. The Kier molecular flexibility index (Phi) is 8.76. The summed E-state index contributed by atoms with van der Waals surface area (Å²) in [5, 5.41) is 19.4. The molecule has 0 aliphatic heterocycles. The van der Waals surface area contributed by atoms with E-state index >= 15 is 0 Å². The quantitative estimate of drug-likeness (QED) is 0.529. The predicted molar refractivity (Wildman–Crippen MR) is 122 cm³/mol. The molecule has 0 aliphatic carbocycles. The molecule has 8 nitrogen and oxygen atoms in total. The van der Waals surface area contributed by atoms with E-state index in [1.165, 1.54) is 25.3 Å². The molecule has 0 bridgehead atoms. The third kappa shape index (κ3) is 5.84. The van der Waals surface area contributed by atoms with Gasteiger partial charge < -0.3 is 20.1 Å². The van der Waals surface area contributed by atoms with Crippen molar-refractivity contribution < 1.29 is 23.8 Å². The third-order valence-corrected chi connectivity index (χ3v) is 4.71. The molecule has 0 saturated heterocycles. The number of halogens is 1. The van der Waals surface area contributed by atoms with Crippen molar-refractivity contribution in [1.29, 1.82) is 0 Å². The van der Waals surface area contributed by atoms with Crippen LogP contribution in [0.5, 0.6) is 5.75 Å². The number of hydrogen-bond acceptors (Lipinski definition) is 4. The summed E-state index contributed by atoms with van der Waals surface area (Å²) in [6, 6.07) is 9.12. The third-order valence-electron chi connectivity index (χ3n) is 4.71. The van der Waals surface area contributed by atoms with E-state index < -0.39 is 5.97 Å². The van der Waals surface area contributed by atoms with E-state index in [-0.39, 0.29) is 23.2 Å². The molecule has 3 N–H and O–H groups in total. The summed E-state index contributed by atoms with van der Waals surface area (Å²) in [4.78, 5) is 23.8. The maximum Gasteiger partial charge on any atom is 0.339 e. The number of ether oxygens (including phenoxy) is 1. The first kappa shape index (κ1) is 24.4. The number of aromatic nitrogens is 2. The summed E-state index contributed by atoms with van der Waals surface area (Å²) in [5.41, 5.74) is 2.09. The van der Waals surface area contributed by atoms with Crippen molar-refractivity contribution in [2.75, 3.05) is 27.2 Å². The molecule has 0 fully saturated rings. The van der Waals surface area contributed by atoms with Crippen LogP contribution in [0.1, 0.15) is 35.5 Å². The molecular formula is C23H27FN4O4. The van der Waals surface area contributed by atoms with Crippen LogP contribution in [0.3, 0.4) is 0 Å². The molecule has 0 spiro atoms. The van der Waals surface area contributed by atoms with Crippen molar-refractivity contribution in [3.05, 3.63) is 59.0 Å². The first-order chi connectivity index (χ1) is 15.4. The minimum atomic E-state index is -1.07. The number of aromatic amines is 1. The standard InChI is InChI=1S/C17H13FN2O3.C6H14N2O/c1-23-16-12(17(21)22)7-9-14-15(16)13(19-20-14)8-4-10-2-5-11(18)6-3-10;1-4-8(5-2)6(9)7-3/h2-9H,1H3,(H,19,20)(H,21,22);4-5H2,1-3H3,(H,7,9)/b8-4+;. The molecular weight excluding hydrogens is 415 g/mol. The summed E-state index contributed by atoms with van der Waals surface area (Å²) in [6.07, 6.45) is 3.49. The average Bonchev–Trinajstić information content (AvgIpc) is 3.22. The molecule has 2 aromatic carbocycles. The van der Waals surface area contributed by atoms with Crippen LogP contribution in [0.25, 0.3) is 23.1 Å². The molecule has 1 heterocycles. The predicted octanol–water partition coefficient (Wildman–Crippen LogP) is 4.25. The highest BCUT2D eigenvalue weighted by Gasteiger charge is 2.17. The van der Waals surface area contributed by atoms with Gasteiger partial charge in [-0.2, -0.15) is 5.10 Å². The van der Waals surface area contributed by atoms with Gasteiger partial charge in [0, 0.05) is 20.1 Å². The lowest BCUT2D eigenvalue weighted by molar-refractivity contribution is 0.0693. The van der Waals surface area contributed by atoms with Crippen molar-refractivity contribution in [3.63, 3.8) is 0 Å². The minimum absolute atomic E-state index is 0.000000000000000222. The smallest absolute Gasteiger partial charge is 0.339 e. The lowest BCUT2D eigenvalue weighted by atomic mass is 10.1. The van der Waals surface area contributed by atoms with Gasteiger partial charge in [-0.1, -0.05) is 18.2 Å². The number of urea groups is 1. The number of carboxylic acid groups (broad SMARTS) is 1. The number of carbonyl (C=O) groups excluding carboxylic acids is 1. The first-order valence-electron chi connectivity index (χ1n) is 10.0. The van der Waals surface area contributed by atoms with Crippen LogP contribution >= 0.6 is 0 Å². The number of aromatic carboxylic acids is 1. The number of carbonyl (C=O) groups is 2. The number of methoxy groups -OCH3 is 1. The van der Waals surface area contributed by atoms with E-state index in [2.05, 4.69) is 15.5 Å². The summed E-state index contributed by atoms with van der Waals surface area (Å²) < 4.78 is 18.2. The van der Waals surface area contributed by atoms with E-state index in [1.54, 1.807) is 42.3 Å². The van der Waals surface area contributed by atoms with Gasteiger partial charge in [0.1, 0.15) is 17.1 Å². The van der Waals surface area contributed by atoms with Crippen LogP contribution in [0.4, 0.5) is 9.18 Å². The van der Waals surface area contributed by atoms with Crippen molar-refractivity contribution >= 4 is 35.1 Å². The summed E-state index contributed by atoms with van der Waals surface area (Å²) >= 11 is 0. The maximum absolute atomic E-state index is 12.9. The topological polar surface area (TPSA) is 108 Å². The number of benzene rings is 2. The zero-order valence-corrected chi connectivity index (χ0v) is 18.5. The highest BCUT2D eigenvalue weighted by molar-refractivity contribution is 6.02. The van der Waals surface area contributed by atoms with Gasteiger partial charge in [0.2, 0.25) is 0 Å². The monoisotopic (exact) mass is 442 g/mol. The van der Waals surface area contributed by atoms with Crippen molar-refractivity contribution in [2.24, 2.45) is 0 Å². The van der Waals surface area contributed by atoms with Gasteiger partial charge in [0.05, 0.1) is 23.7 Å². The molecule has 1 aromatic heterocycles. The van der Waals surface area contributed by atoms with Gasteiger partial charge in [-0.15, -0.1) is 0 Å². The van der Waals surface area contributed by atoms with E-state index in [0.717, 1.165) is 18.7 Å². The second-order valence-corrected chi connectivity index (χ2v) is 6.60. The summed E-state index contributed by atoms with van der Waals surface area (Å²) in [6.45, 7) is 5.46. The number of rotatable bonds is 6. The molecule has 170 valence electrons. The Hall–Kier alpha value is -3.88. The molecule has 0 atom stereocenters. The van der Waals surface area contributed by atoms with E-state index in [1.807, 2.05) is 13.8 Å². The van der Waals surface area contributed by atoms with Crippen LogP contribution in [0.15, 0.2) is 36.4 Å². The molecule has 3 aromatic rings. The fraction of sp³-hybridized carbons (Fsp3) is 0.261. The van der Waals surface area contributed by atoms with E-state index in [9.17, 15) is 19.1 Å². The molecule has 0 radical (unpaired) electrons. The SMILES string of the molecule is CCN(CC)C(=O)NC.COc1c(C(=O)O)ccc2[nH]nc(/C=C/c3ccc(F)cc3)c12. The Labute approximate surface area is 185 Å².